The average molecular weight is 278 g/mol. The van der Waals surface area contributed by atoms with Crippen molar-refractivity contribution in [2.24, 2.45) is 5.73 Å². The highest BCUT2D eigenvalue weighted by molar-refractivity contribution is 6.04. The van der Waals surface area contributed by atoms with E-state index in [0.29, 0.717) is 10.9 Å². The van der Waals surface area contributed by atoms with Gasteiger partial charge in [-0.05, 0) is 23.8 Å². The molecule has 0 aliphatic heterocycles. The quantitative estimate of drug-likeness (QED) is 0.578. The van der Waals surface area contributed by atoms with Crippen LogP contribution in [0.25, 0.3) is 10.9 Å². The number of hydrogen-bond acceptors (Lipinski definition) is 5. The number of benzene rings is 1. The van der Waals surface area contributed by atoms with E-state index in [-0.39, 0.29) is 11.1 Å². The summed E-state index contributed by atoms with van der Waals surface area (Å²) in [5.41, 5.74) is 5.92. The van der Waals surface area contributed by atoms with Crippen LogP contribution in [0.5, 0.6) is 0 Å². The van der Waals surface area contributed by atoms with Gasteiger partial charge in [-0.15, -0.1) is 0 Å². The Kier molecular flexibility index (Phi) is 3.73. The summed E-state index contributed by atoms with van der Waals surface area (Å²) in [6.07, 6.45) is -1.66. The second-order valence-electron chi connectivity index (χ2n) is 4.29. The highest BCUT2D eigenvalue weighted by atomic mass is 16.5. The van der Waals surface area contributed by atoms with E-state index in [1.807, 2.05) is 0 Å². The molecular formula is C13H14N2O5. The fraction of sp³-hybridized carbons (Fsp3) is 0.231. The Bertz CT molecular complexity index is 664. The van der Waals surface area contributed by atoms with Crippen LogP contribution in [0.2, 0.25) is 0 Å². The van der Waals surface area contributed by atoms with Crippen LogP contribution >= 0.6 is 0 Å². The standard InChI is InChI=1S/C13H14N2O5/c1-20-13(19)8-4-6(10(16)11(17)12(14)18)5-9-7(8)2-3-15-9/h2-5,10-11,15-17H,1H3,(H2,14,18). The van der Waals surface area contributed by atoms with Gasteiger partial charge in [0, 0.05) is 17.1 Å². The maximum absolute atomic E-state index is 11.7. The number of carbonyl (C=O) groups excluding carboxylic acids is 2. The number of aromatic amines is 1. The number of hydrogen-bond donors (Lipinski definition) is 4. The van der Waals surface area contributed by atoms with Gasteiger partial charge in [0.2, 0.25) is 5.91 Å². The number of rotatable bonds is 4. The Morgan fingerprint density at radius 3 is 2.65 bits per heavy atom. The second kappa shape index (κ2) is 5.32. The molecular weight excluding hydrogens is 264 g/mol. The molecule has 0 aliphatic carbocycles. The summed E-state index contributed by atoms with van der Waals surface area (Å²) < 4.78 is 4.67. The van der Waals surface area contributed by atoms with E-state index in [1.54, 1.807) is 12.3 Å². The zero-order valence-corrected chi connectivity index (χ0v) is 10.7. The first kappa shape index (κ1) is 14.0. The Morgan fingerprint density at radius 2 is 2.05 bits per heavy atom. The number of carbonyl (C=O) groups is 2. The summed E-state index contributed by atoms with van der Waals surface area (Å²) in [5, 5.41) is 20.0. The maximum atomic E-state index is 11.7. The Morgan fingerprint density at radius 1 is 1.35 bits per heavy atom. The van der Waals surface area contributed by atoms with Gasteiger partial charge in [-0.25, -0.2) is 4.79 Å². The Labute approximate surface area is 114 Å². The molecule has 7 nitrogen and oxygen atoms in total. The van der Waals surface area contributed by atoms with Gasteiger partial charge in [-0.2, -0.15) is 0 Å². The zero-order chi connectivity index (χ0) is 14.9. The van der Waals surface area contributed by atoms with E-state index in [4.69, 9.17) is 5.73 Å². The molecule has 20 heavy (non-hydrogen) atoms. The molecule has 0 saturated heterocycles. The zero-order valence-electron chi connectivity index (χ0n) is 10.7. The van der Waals surface area contributed by atoms with Gasteiger partial charge in [-0.3, -0.25) is 4.79 Å². The van der Waals surface area contributed by atoms with Gasteiger partial charge in [0.05, 0.1) is 12.7 Å². The van der Waals surface area contributed by atoms with E-state index in [2.05, 4.69) is 9.72 Å². The largest absolute Gasteiger partial charge is 0.465 e. The molecule has 2 aromatic rings. The Balaban J connectivity index is 2.55. The minimum absolute atomic E-state index is 0.187. The monoisotopic (exact) mass is 278 g/mol. The molecule has 1 aromatic heterocycles. The highest BCUT2D eigenvalue weighted by Gasteiger charge is 2.25. The van der Waals surface area contributed by atoms with Crippen molar-refractivity contribution in [3.8, 4) is 0 Å². The van der Waals surface area contributed by atoms with Crippen LogP contribution in [0.15, 0.2) is 24.4 Å². The van der Waals surface area contributed by atoms with E-state index in [1.165, 1.54) is 19.2 Å². The number of amides is 1. The first-order valence-corrected chi connectivity index (χ1v) is 5.80. The molecule has 0 bridgehead atoms. The number of H-pyrrole nitrogens is 1. The SMILES string of the molecule is COC(=O)c1cc(C(O)C(O)C(N)=O)cc2[nH]ccc12. The van der Waals surface area contributed by atoms with Crippen molar-refractivity contribution in [2.45, 2.75) is 12.2 Å². The second-order valence-corrected chi connectivity index (χ2v) is 4.29. The lowest BCUT2D eigenvalue weighted by Crippen LogP contribution is -2.33. The van der Waals surface area contributed by atoms with Crippen molar-refractivity contribution in [2.75, 3.05) is 7.11 Å². The third-order valence-corrected chi connectivity index (χ3v) is 3.03. The van der Waals surface area contributed by atoms with Gasteiger partial charge in [0.25, 0.3) is 0 Å². The van der Waals surface area contributed by atoms with Crippen LogP contribution in [0.3, 0.4) is 0 Å². The number of nitrogens with two attached hydrogens (primary N) is 1. The lowest BCUT2D eigenvalue weighted by molar-refractivity contribution is -0.131. The van der Waals surface area contributed by atoms with Crippen molar-refractivity contribution >= 4 is 22.8 Å². The Hall–Kier alpha value is -2.38. The molecule has 2 rings (SSSR count). The van der Waals surface area contributed by atoms with Crippen molar-refractivity contribution < 1.29 is 24.5 Å². The fourth-order valence-electron chi connectivity index (χ4n) is 1.98. The van der Waals surface area contributed by atoms with E-state index in [9.17, 15) is 19.8 Å². The number of aliphatic hydroxyl groups is 2. The molecule has 2 unspecified atom stereocenters. The van der Waals surface area contributed by atoms with E-state index < -0.39 is 24.1 Å². The average Bonchev–Trinajstić information content (AvgIpc) is 2.91. The minimum Gasteiger partial charge on any atom is -0.465 e. The number of ether oxygens (including phenoxy) is 1. The molecule has 1 heterocycles. The number of fused-ring (bicyclic) bond motifs is 1. The molecule has 2 atom stereocenters. The minimum atomic E-state index is -1.76. The van der Waals surface area contributed by atoms with Gasteiger partial charge in [0.1, 0.15) is 6.10 Å². The lowest BCUT2D eigenvalue weighted by atomic mass is 9.99. The summed E-state index contributed by atoms with van der Waals surface area (Å²) in [4.78, 5) is 25.5. The molecule has 1 amide bonds. The van der Waals surface area contributed by atoms with Crippen LogP contribution in [0.1, 0.15) is 22.0 Å². The van der Waals surface area contributed by atoms with Crippen LogP contribution in [-0.2, 0) is 9.53 Å². The molecule has 5 N–H and O–H groups in total. The molecule has 0 saturated carbocycles. The highest BCUT2D eigenvalue weighted by Crippen LogP contribution is 2.26. The molecule has 0 spiro atoms. The number of nitrogens with one attached hydrogen (secondary N) is 1. The molecule has 1 aromatic carbocycles. The lowest BCUT2D eigenvalue weighted by Gasteiger charge is -2.16. The summed E-state index contributed by atoms with van der Waals surface area (Å²) in [6.45, 7) is 0. The summed E-state index contributed by atoms with van der Waals surface area (Å²) in [7, 11) is 1.24. The van der Waals surface area contributed by atoms with Gasteiger partial charge in [0.15, 0.2) is 6.10 Å². The number of methoxy groups -OCH3 is 1. The molecule has 0 radical (unpaired) electrons. The van der Waals surface area contributed by atoms with Gasteiger partial charge >= 0.3 is 5.97 Å². The number of aromatic nitrogens is 1. The smallest absolute Gasteiger partial charge is 0.338 e. The van der Waals surface area contributed by atoms with E-state index >= 15 is 0 Å². The summed E-state index contributed by atoms with van der Waals surface area (Å²) >= 11 is 0. The molecule has 106 valence electrons. The number of aliphatic hydroxyl groups excluding tert-OH is 2. The fourth-order valence-corrected chi connectivity index (χ4v) is 1.98. The van der Waals surface area contributed by atoms with Crippen molar-refractivity contribution in [1.82, 2.24) is 4.98 Å². The summed E-state index contributed by atoms with van der Waals surface area (Å²) in [6, 6.07) is 4.57. The van der Waals surface area contributed by atoms with Crippen molar-refractivity contribution in [3.05, 3.63) is 35.5 Å². The van der Waals surface area contributed by atoms with Crippen LogP contribution in [0, 0.1) is 0 Å². The van der Waals surface area contributed by atoms with Crippen LogP contribution < -0.4 is 5.73 Å². The number of esters is 1. The third-order valence-electron chi connectivity index (χ3n) is 3.03. The first-order chi connectivity index (χ1) is 9.45. The van der Waals surface area contributed by atoms with Crippen molar-refractivity contribution in [3.63, 3.8) is 0 Å². The first-order valence-electron chi connectivity index (χ1n) is 5.80. The predicted octanol–water partition coefficient (Wildman–Crippen LogP) is -0.166. The van der Waals surface area contributed by atoms with Gasteiger partial charge < -0.3 is 25.7 Å². The maximum Gasteiger partial charge on any atom is 0.338 e. The third kappa shape index (κ3) is 2.36. The predicted molar refractivity (Wildman–Crippen MR) is 69.8 cm³/mol. The van der Waals surface area contributed by atoms with Crippen LogP contribution in [0.4, 0.5) is 0 Å². The van der Waals surface area contributed by atoms with Gasteiger partial charge in [-0.1, -0.05) is 0 Å². The van der Waals surface area contributed by atoms with Crippen LogP contribution in [-0.4, -0.2) is 40.3 Å². The summed E-state index contributed by atoms with van der Waals surface area (Å²) in [5.74, 6) is -1.64. The molecule has 0 aliphatic rings. The molecule has 7 heteroatoms. The molecule has 0 fully saturated rings. The van der Waals surface area contributed by atoms with E-state index in [0.717, 1.165) is 0 Å². The van der Waals surface area contributed by atoms with Crippen molar-refractivity contribution in [1.29, 1.82) is 0 Å². The number of primary amides is 1. The topological polar surface area (TPSA) is 126 Å². The normalized spacial score (nSPS) is 13.9.